The van der Waals surface area contributed by atoms with Crippen LogP contribution in [-0.4, -0.2) is 57.9 Å². The van der Waals surface area contributed by atoms with Gasteiger partial charge in [0, 0.05) is 0 Å². The minimum atomic E-state index is -3.41. The molecule has 0 aliphatic carbocycles. The highest BCUT2D eigenvalue weighted by molar-refractivity contribution is 7.58. The average molecular weight is 388 g/mol. The molecule has 0 aromatic carbocycles. The van der Waals surface area contributed by atoms with Gasteiger partial charge in [-0.25, -0.2) is 0 Å². The summed E-state index contributed by atoms with van der Waals surface area (Å²) in [6, 6.07) is 0. The van der Waals surface area contributed by atoms with Crippen LogP contribution in [-0.2, 0) is 27.2 Å². The third-order valence-corrected chi connectivity index (χ3v) is 8.65. The molecular formula is C15H36NO6P2+. The fourth-order valence-corrected chi connectivity index (χ4v) is 7.37. The summed E-state index contributed by atoms with van der Waals surface area (Å²) in [5.41, 5.74) is -0.531. The van der Waals surface area contributed by atoms with Gasteiger partial charge in [-0.15, -0.1) is 0 Å². The van der Waals surface area contributed by atoms with Crippen molar-refractivity contribution in [3.8, 4) is 0 Å². The highest BCUT2D eigenvalue weighted by Gasteiger charge is 2.44. The zero-order chi connectivity index (χ0) is 18.6. The lowest BCUT2D eigenvalue weighted by molar-refractivity contribution is -0.895. The van der Waals surface area contributed by atoms with Crippen LogP contribution in [0, 0.1) is 0 Å². The molecule has 0 rings (SSSR count). The van der Waals surface area contributed by atoms with Crippen LogP contribution in [0.15, 0.2) is 0 Å². The molecule has 24 heavy (non-hydrogen) atoms. The lowest BCUT2D eigenvalue weighted by Crippen LogP contribution is -3.12. The van der Waals surface area contributed by atoms with Gasteiger partial charge in [-0.3, -0.25) is 9.13 Å². The Hall–Kier alpha value is 0.260. The van der Waals surface area contributed by atoms with Gasteiger partial charge in [0.15, 0.2) is 0 Å². The summed E-state index contributed by atoms with van der Waals surface area (Å²) in [6.45, 7) is 14.6. The molecule has 0 amide bonds. The van der Waals surface area contributed by atoms with E-state index in [2.05, 4.69) is 13.8 Å². The largest absolute Gasteiger partial charge is 0.340 e. The molecule has 0 unspecified atom stereocenters. The molecule has 9 heteroatoms. The second-order valence-electron chi connectivity index (χ2n) is 5.32. The van der Waals surface area contributed by atoms with E-state index in [1.807, 2.05) is 0 Å². The average Bonchev–Trinajstić information content (AvgIpc) is 2.52. The van der Waals surface area contributed by atoms with E-state index >= 15 is 0 Å². The van der Waals surface area contributed by atoms with Gasteiger partial charge in [0.1, 0.15) is 5.66 Å². The van der Waals surface area contributed by atoms with Crippen LogP contribution in [0.2, 0.25) is 0 Å². The Kier molecular flexibility index (Phi) is 12.7. The van der Waals surface area contributed by atoms with Crippen molar-refractivity contribution in [3.63, 3.8) is 0 Å². The Morgan fingerprint density at radius 3 is 1.50 bits per heavy atom. The van der Waals surface area contributed by atoms with Crippen molar-refractivity contribution in [2.45, 2.75) is 47.2 Å². The summed E-state index contributed by atoms with van der Waals surface area (Å²) >= 11 is 0. The van der Waals surface area contributed by atoms with Crippen LogP contribution in [0.25, 0.3) is 0 Å². The van der Waals surface area contributed by atoms with E-state index in [9.17, 15) is 9.13 Å². The second-order valence-corrected chi connectivity index (χ2v) is 9.75. The Balaban J connectivity index is 5.58. The Labute approximate surface area is 147 Å². The quantitative estimate of drug-likeness (QED) is 0.435. The van der Waals surface area contributed by atoms with Crippen molar-refractivity contribution in [2.24, 2.45) is 0 Å². The maximum Gasteiger partial charge on any atom is 0.340 e. The zero-order valence-corrected chi connectivity index (χ0v) is 17.9. The molecule has 0 bridgehead atoms. The molecule has 0 saturated heterocycles. The first-order chi connectivity index (χ1) is 11.3. The van der Waals surface area contributed by atoms with E-state index in [0.717, 1.165) is 13.1 Å². The van der Waals surface area contributed by atoms with Crippen molar-refractivity contribution in [2.75, 3.05) is 52.2 Å². The topological polar surface area (TPSA) is 75.5 Å². The molecule has 7 nitrogen and oxygen atoms in total. The smallest absolute Gasteiger partial charge is 0.335 e. The molecule has 0 spiro atoms. The molecule has 0 saturated carbocycles. The monoisotopic (exact) mass is 388 g/mol. The van der Waals surface area contributed by atoms with Crippen LogP contribution in [0.1, 0.15) is 41.5 Å². The lowest BCUT2D eigenvalue weighted by atomic mass is 10.4. The van der Waals surface area contributed by atoms with E-state index in [1.165, 1.54) is 4.90 Å². The van der Waals surface area contributed by atoms with Crippen molar-refractivity contribution in [3.05, 3.63) is 0 Å². The summed E-state index contributed by atoms with van der Waals surface area (Å²) in [5.74, 6) is 0. The molecule has 0 aromatic heterocycles. The number of hydrogen-bond donors (Lipinski definition) is 1. The molecule has 0 aliphatic heterocycles. The normalized spacial score (nSPS) is 14.3. The van der Waals surface area contributed by atoms with Gasteiger partial charge in [0.2, 0.25) is 0 Å². The van der Waals surface area contributed by atoms with Crippen LogP contribution >= 0.6 is 15.2 Å². The summed E-state index contributed by atoms with van der Waals surface area (Å²) in [5, 5.41) is 0. The molecule has 0 heterocycles. The van der Waals surface area contributed by atoms with Crippen molar-refractivity contribution >= 4 is 15.2 Å². The molecule has 0 aliphatic rings. The predicted octanol–water partition coefficient (Wildman–Crippen LogP) is 2.81. The lowest BCUT2D eigenvalue weighted by Gasteiger charge is -2.30. The fraction of sp³-hybridized carbons (Fsp3) is 1.00. The van der Waals surface area contributed by atoms with Crippen molar-refractivity contribution in [1.82, 2.24) is 0 Å². The van der Waals surface area contributed by atoms with Crippen molar-refractivity contribution in [1.29, 1.82) is 0 Å². The first kappa shape index (κ1) is 24.3. The molecule has 1 atom stereocenters. The molecule has 0 fully saturated rings. The minimum absolute atomic E-state index is 0.0372. The minimum Gasteiger partial charge on any atom is -0.335 e. The van der Waals surface area contributed by atoms with Crippen LogP contribution < -0.4 is 4.90 Å². The molecule has 146 valence electrons. The first-order valence-corrected chi connectivity index (χ1v) is 12.3. The van der Waals surface area contributed by atoms with Gasteiger partial charge in [-0.2, -0.15) is 0 Å². The second kappa shape index (κ2) is 12.6. The SMILES string of the molecule is CCOP(=O)(C[C@H](C[NH+](CC)CC)P(=O)(OCC)OCC)OCC. The molecule has 0 aromatic rings. The first-order valence-electron chi connectivity index (χ1n) is 8.94. The van der Waals surface area contributed by atoms with E-state index < -0.39 is 20.9 Å². The van der Waals surface area contributed by atoms with Gasteiger partial charge in [0.25, 0.3) is 0 Å². The maximum absolute atomic E-state index is 13.3. The van der Waals surface area contributed by atoms with Crippen LogP contribution in [0.5, 0.6) is 0 Å². The fourth-order valence-electron chi connectivity index (χ4n) is 2.55. The van der Waals surface area contributed by atoms with Gasteiger partial charge in [-0.1, -0.05) is 0 Å². The Morgan fingerprint density at radius 2 is 1.17 bits per heavy atom. The number of hydrogen-bond acceptors (Lipinski definition) is 6. The van der Waals surface area contributed by atoms with E-state index in [0.29, 0.717) is 6.54 Å². The van der Waals surface area contributed by atoms with E-state index in [-0.39, 0.29) is 32.6 Å². The van der Waals surface area contributed by atoms with Crippen molar-refractivity contribution < 1.29 is 32.1 Å². The highest BCUT2D eigenvalue weighted by Crippen LogP contribution is 2.59. The molecular weight excluding hydrogens is 352 g/mol. The third kappa shape index (κ3) is 8.09. The number of nitrogens with one attached hydrogen (secondary N) is 1. The van der Waals surface area contributed by atoms with E-state index in [1.54, 1.807) is 27.7 Å². The Morgan fingerprint density at radius 1 is 0.750 bits per heavy atom. The van der Waals surface area contributed by atoms with Gasteiger partial charge in [-0.05, 0) is 41.5 Å². The standard InChI is InChI=1S/C15H35NO6P2/c1-7-16(8-2)13-15(24(18,21-11-5)22-12-6)14-23(17,19-9-3)20-10-4/h15H,7-14H2,1-6H3/p+1/t15-/m0/s1. The predicted molar refractivity (Wildman–Crippen MR) is 97.3 cm³/mol. The number of quaternary nitrogens is 1. The molecule has 1 N–H and O–H groups in total. The van der Waals surface area contributed by atoms with Gasteiger partial charge in [0.05, 0.1) is 52.2 Å². The molecule has 0 radical (unpaired) electrons. The van der Waals surface area contributed by atoms with Crippen LogP contribution in [0.3, 0.4) is 0 Å². The summed E-state index contributed by atoms with van der Waals surface area (Å²) in [6.07, 6.45) is 0.0372. The third-order valence-electron chi connectivity index (χ3n) is 3.68. The Bertz CT molecular complexity index is 397. The highest BCUT2D eigenvalue weighted by atomic mass is 31.2. The summed E-state index contributed by atoms with van der Waals surface area (Å²) in [7, 11) is -6.75. The zero-order valence-electron chi connectivity index (χ0n) is 16.1. The number of rotatable bonds is 15. The summed E-state index contributed by atoms with van der Waals surface area (Å²) in [4.78, 5) is 1.24. The van der Waals surface area contributed by atoms with Gasteiger partial charge >= 0.3 is 15.2 Å². The summed E-state index contributed by atoms with van der Waals surface area (Å²) < 4.78 is 48.0. The van der Waals surface area contributed by atoms with Gasteiger partial charge < -0.3 is 23.0 Å². The maximum atomic E-state index is 13.3. The van der Waals surface area contributed by atoms with Crippen LogP contribution in [0.4, 0.5) is 0 Å². The van der Waals surface area contributed by atoms with E-state index in [4.69, 9.17) is 18.1 Å².